The number of hydrogen-bond donors (Lipinski definition) is 0. The van der Waals surface area contributed by atoms with Gasteiger partial charge in [-0.3, -0.25) is 4.79 Å². The first-order chi connectivity index (χ1) is 11.9. The van der Waals surface area contributed by atoms with Crippen molar-refractivity contribution in [2.75, 3.05) is 6.61 Å². The summed E-state index contributed by atoms with van der Waals surface area (Å²) in [7, 11) is 1.88. The summed E-state index contributed by atoms with van der Waals surface area (Å²) in [6, 6.07) is 7.84. The lowest BCUT2D eigenvalue weighted by atomic mass is 10.1. The number of carbonyl (C=O) groups is 1. The standard InChI is InChI=1S/C18H25N3O3S/c1-6-23-17(22)16(12(2)3)25-18-20-19-15(21(18)5)11-24-14-10-8-7-9-13(14)4/h7-10,12,16H,6,11H2,1-5H3/t16-/m0/s1. The summed E-state index contributed by atoms with van der Waals surface area (Å²) < 4.78 is 12.9. The number of carbonyl (C=O) groups excluding carboxylic acids is 1. The van der Waals surface area contributed by atoms with Gasteiger partial charge in [0, 0.05) is 7.05 Å². The van der Waals surface area contributed by atoms with Gasteiger partial charge < -0.3 is 14.0 Å². The van der Waals surface area contributed by atoms with E-state index in [0.717, 1.165) is 11.3 Å². The second kappa shape index (κ2) is 8.89. The third kappa shape index (κ3) is 4.98. The van der Waals surface area contributed by atoms with Crippen molar-refractivity contribution in [3.8, 4) is 5.75 Å². The van der Waals surface area contributed by atoms with Gasteiger partial charge in [-0.25, -0.2) is 0 Å². The van der Waals surface area contributed by atoms with Crippen molar-refractivity contribution in [1.82, 2.24) is 14.8 Å². The Labute approximate surface area is 152 Å². The molecule has 0 saturated carbocycles. The van der Waals surface area contributed by atoms with Crippen LogP contribution in [0.15, 0.2) is 29.4 Å². The Bertz CT molecular complexity index is 715. The van der Waals surface area contributed by atoms with Crippen molar-refractivity contribution in [1.29, 1.82) is 0 Å². The molecular weight excluding hydrogens is 338 g/mol. The molecule has 0 fully saturated rings. The second-order valence-corrected chi connectivity index (χ2v) is 7.16. The molecule has 0 aliphatic heterocycles. The molecule has 1 atom stereocenters. The van der Waals surface area contributed by atoms with Gasteiger partial charge in [-0.2, -0.15) is 0 Å². The van der Waals surface area contributed by atoms with E-state index in [1.807, 2.05) is 63.6 Å². The van der Waals surface area contributed by atoms with E-state index in [-0.39, 0.29) is 17.1 Å². The molecule has 0 aliphatic rings. The summed E-state index contributed by atoms with van der Waals surface area (Å²) in [5.74, 6) is 1.44. The first kappa shape index (κ1) is 19.3. The van der Waals surface area contributed by atoms with Gasteiger partial charge in [-0.1, -0.05) is 43.8 Å². The highest BCUT2D eigenvalue weighted by molar-refractivity contribution is 8.00. The number of rotatable bonds is 8. The SMILES string of the molecule is CCOC(=O)[C@@H](Sc1nnc(COc2ccccc2C)n1C)C(C)C. The maximum absolute atomic E-state index is 12.1. The van der Waals surface area contributed by atoms with Gasteiger partial charge in [0.25, 0.3) is 0 Å². The third-order valence-corrected chi connectivity index (χ3v) is 5.29. The van der Waals surface area contributed by atoms with E-state index < -0.39 is 0 Å². The number of aryl methyl sites for hydroxylation is 1. The number of ether oxygens (including phenoxy) is 2. The minimum Gasteiger partial charge on any atom is -0.485 e. The van der Waals surface area contributed by atoms with E-state index >= 15 is 0 Å². The fourth-order valence-electron chi connectivity index (χ4n) is 2.23. The molecule has 136 valence electrons. The minimum absolute atomic E-state index is 0.132. The van der Waals surface area contributed by atoms with Gasteiger partial charge in [0.1, 0.15) is 17.6 Å². The highest BCUT2D eigenvalue weighted by Gasteiger charge is 2.27. The van der Waals surface area contributed by atoms with Crippen LogP contribution in [0.2, 0.25) is 0 Å². The molecule has 0 unspecified atom stereocenters. The molecule has 0 saturated heterocycles. The Morgan fingerprint density at radius 1 is 1.28 bits per heavy atom. The molecule has 2 aromatic rings. The minimum atomic E-state index is -0.312. The van der Waals surface area contributed by atoms with Gasteiger partial charge in [0.05, 0.1) is 6.61 Å². The van der Waals surface area contributed by atoms with Gasteiger partial charge in [-0.05, 0) is 31.4 Å². The van der Waals surface area contributed by atoms with Crippen LogP contribution in [-0.4, -0.2) is 32.6 Å². The molecule has 25 heavy (non-hydrogen) atoms. The van der Waals surface area contributed by atoms with Crippen LogP contribution >= 0.6 is 11.8 Å². The Morgan fingerprint density at radius 2 is 2.00 bits per heavy atom. The molecule has 0 amide bonds. The quantitative estimate of drug-likeness (QED) is 0.529. The van der Waals surface area contributed by atoms with E-state index in [2.05, 4.69) is 10.2 Å². The predicted molar refractivity (Wildman–Crippen MR) is 97.6 cm³/mol. The van der Waals surface area contributed by atoms with Crippen molar-refractivity contribution in [3.05, 3.63) is 35.7 Å². The summed E-state index contributed by atoms with van der Waals surface area (Å²) in [5.41, 5.74) is 1.07. The topological polar surface area (TPSA) is 66.2 Å². The van der Waals surface area contributed by atoms with Crippen LogP contribution in [0.4, 0.5) is 0 Å². The maximum Gasteiger partial charge on any atom is 0.319 e. The monoisotopic (exact) mass is 363 g/mol. The van der Waals surface area contributed by atoms with Gasteiger partial charge >= 0.3 is 5.97 Å². The molecule has 0 N–H and O–H groups in total. The zero-order valence-corrected chi connectivity index (χ0v) is 16.2. The predicted octanol–water partition coefficient (Wildman–Crippen LogP) is 3.38. The summed E-state index contributed by atoms with van der Waals surface area (Å²) in [4.78, 5) is 12.1. The van der Waals surface area contributed by atoms with Gasteiger partial charge in [-0.15, -0.1) is 10.2 Å². The Kier molecular flexibility index (Phi) is 6.87. The van der Waals surface area contributed by atoms with Crippen LogP contribution in [0.3, 0.4) is 0 Å². The fourth-order valence-corrected chi connectivity index (χ4v) is 3.24. The average molecular weight is 363 g/mol. The van der Waals surface area contributed by atoms with E-state index in [1.54, 1.807) is 0 Å². The van der Waals surface area contributed by atoms with Crippen molar-refractivity contribution in [2.45, 2.75) is 44.7 Å². The Hall–Kier alpha value is -2.02. The van der Waals surface area contributed by atoms with E-state index in [0.29, 0.717) is 24.2 Å². The maximum atomic E-state index is 12.1. The highest BCUT2D eigenvalue weighted by atomic mass is 32.2. The summed E-state index contributed by atoms with van der Waals surface area (Å²) in [5, 5.41) is 8.76. The number of para-hydroxylation sites is 1. The molecular formula is C18H25N3O3S. The molecule has 6 nitrogen and oxygen atoms in total. The van der Waals surface area contributed by atoms with Gasteiger partial charge in [0.15, 0.2) is 11.0 Å². The molecule has 0 radical (unpaired) electrons. The number of thioether (sulfide) groups is 1. The smallest absolute Gasteiger partial charge is 0.319 e. The zero-order chi connectivity index (χ0) is 18.4. The molecule has 1 aromatic carbocycles. The number of benzene rings is 1. The second-order valence-electron chi connectivity index (χ2n) is 6.05. The molecule has 0 bridgehead atoms. The average Bonchev–Trinajstić information content (AvgIpc) is 2.92. The van der Waals surface area contributed by atoms with Gasteiger partial charge in [0.2, 0.25) is 0 Å². The lowest BCUT2D eigenvalue weighted by molar-refractivity contribution is -0.143. The van der Waals surface area contributed by atoms with E-state index in [1.165, 1.54) is 11.8 Å². The molecule has 7 heteroatoms. The number of nitrogens with zero attached hydrogens (tertiary/aromatic N) is 3. The van der Waals surface area contributed by atoms with Crippen molar-refractivity contribution in [2.24, 2.45) is 13.0 Å². The number of hydrogen-bond acceptors (Lipinski definition) is 6. The normalized spacial score (nSPS) is 12.2. The number of aromatic nitrogens is 3. The zero-order valence-electron chi connectivity index (χ0n) is 15.4. The van der Waals surface area contributed by atoms with Crippen LogP contribution < -0.4 is 4.74 Å². The van der Waals surface area contributed by atoms with Crippen molar-refractivity contribution in [3.63, 3.8) is 0 Å². The first-order valence-electron chi connectivity index (χ1n) is 8.34. The van der Waals surface area contributed by atoms with Crippen LogP contribution in [0.5, 0.6) is 5.75 Å². The molecule has 1 heterocycles. The van der Waals surface area contributed by atoms with Crippen molar-refractivity contribution >= 4 is 17.7 Å². The largest absolute Gasteiger partial charge is 0.485 e. The summed E-state index contributed by atoms with van der Waals surface area (Å²) in [6.07, 6.45) is 0. The molecule has 1 aromatic heterocycles. The van der Waals surface area contributed by atoms with E-state index in [9.17, 15) is 4.79 Å². The number of esters is 1. The third-order valence-electron chi connectivity index (χ3n) is 3.73. The lowest BCUT2D eigenvalue weighted by Gasteiger charge is -2.17. The highest BCUT2D eigenvalue weighted by Crippen LogP contribution is 2.28. The molecule has 0 spiro atoms. The van der Waals surface area contributed by atoms with Crippen LogP contribution in [0, 0.1) is 12.8 Å². The summed E-state index contributed by atoms with van der Waals surface area (Å²) >= 11 is 1.38. The van der Waals surface area contributed by atoms with Crippen LogP contribution in [-0.2, 0) is 23.2 Å². The lowest BCUT2D eigenvalue weighted by Crippen LogP contribution is -2.26. The molecule has 2 rings (SSSR count). The molecule has 0 aliphatic carbocycles. The van der Waals surface area contributed by atoms with Crippen LogP contribution in [0.1, 0.15) is 32.2 Å². The first-order valence-corrected chi connectivity index (χ1v) is 9.22. The van der Waals surface area contributed by atoms with Crippen molar-refractivity contribution < 1.29 is 14.3 Å². The van der Waals surface area contributed by atoms with E-state index in [4.69, 9.17) is 9.47 Å². The fraction of sp³-hybridized carbons (Fsp3) is 0.500. The summed E-state index contributed by atoms with van der Waals surface area (Å²) in [6.45, 7) is 8.49. The Morgan fingerprint density at radius 3 is 2.64 bits per heavy atom. The Balaban J connectivity index is 2.07. The van der Waals surface area contributed by atoms with Crippen LogP contribution in [0.25, 0.3) is 0 Å².